The van der Waals surface area contributed by atoms with Gasteiger partial charge in [-0.15, -0.1) is 0 Å². The van der Waals surface area contributed by atoms with Gasteiger partial charge in [-0.3, -0.25) is 4.79 Å². The molecule has 128 valence electrons. The average molecular weight is 345 g/mol. The Labute approximate surface area is 143 Å². The van der Waals surface area contributed by atoms with E-state index in [1.807, 2.05) is 44.2 Å². The molecule has 24 heavy (non-hydrogen) atoms. The van der Waals surface area contributed by atoms with Gasteiger partial charge in [-0.05, 0) is 36.1 Å². The van der Waals surface area contributed by atoms with Gasteiger partial charge in [-0.25, -0.2) is 8.42 Å². The number of carbonyl (C=O) groups is 1. The summed E-state index contributed by atoms with van der Waals surface area (Å²) in [4.78, 5) is 12.5. The first-order valence-electron chi connectivity index (χ1n) is 7.91. The molecule has 1 N–H and O–H groups in total. The molecule has 5 heteroatoms. The summed E-state index contributed by atoms with van der Waals surface area (Å²) >= 11 is 0. The van der Waals surface area contributed by atoms with E-state index in [-0.39, 0.29) is 22.8 Å². The second kappa shape index (κ2) is 7.62. The predicted molar refractivity (Wildman–Crippen MR) is 95.6 cm³/mol. The number of hydrogen-bond acceptors (Lipinski definition) is 3. The number of rotatable bonds is 6. The summed E-state index contributed by atoms with van der Waals surface area (Å²) in [5.41, 5.74) is 2.01. The van der Waals surface area contributed by atoms with Crippen LogP contribution >= 0.6 is 0 Å². The summed E-state index contributed by atoms with van der Waals surface area (Å²) in [5, 5.41) is 2.97. The molecule has 2 aromatic carbocycles. The third kappa shape index (κ3) is 4.93. The summed E-state index contributed by atoms with van der Waals surface area (Å²) < 4.78 is 23.0. The van der Waals surface area contributed by atoms with Crippen LogP contribution in [-0.4, -0.2) is 20.6 Å². The number of amides is 1. The van der Waals surface area contributed by atoms with E-state index in [9.17, 15) is 13.2 Å². The number of nitrogens with one attached hydrogen (secondary N) is 1. The predicted octanol–water partition coefficient (Wildman–Crippen LogP) is 3.46. The molecule has 0 aromatic heterocycles. The molecule has 0 aliphatic heterocycles. The molecule has 2 unspecified atom stereocenters. The van der Waals surface area contributed by atoms with Gasteiger partial charge in [0.15, 0.2) is 9.84 Å². The van der Waals surface area contributed by atoms with Crippen LogP contribution < -0.4 is 5.32 Å². The van der Waals surface area contributed by atoms with Crippen molar-refractivity contribution in [2.24, 2.45) is 0 Å². The zero-order valence-electron chi connectivity index (χ0n) is 14.2. The summed E-state index contributed by atoms with van der Waals surface area (Å²) in [7, 11) is -3.20. The fourth-order valence-corrected chi connectivity index (χ4v) is 3.20. The smallest absolute Gasteiger partial charge is 0.221 e. The molecule has 2 atom stereocenters. The lowest BCUT2D eigenvalue weighted by Crippen LogP contribution is -2.27. The van der Waals surface area contributed by atoms with Gasteiger partial charge < -0.3 is 5.32 Å². The fourth-order valence-electron chi connectivity index (χ4n) is 2.56. The van der Waals surface area contributed by atoms with E-state index in [2.05, 4.69) is 5.32 Å². The van der Waals surface area contributed by atoms with Gasteiger partial charge in [0.2, 0.25) is 5.91 Å². The molecule has 0 saturated carbocycles. The fraction of sp³-hybridized carbons (Fsp3) is 0.316. The van der Waals surface area contributed by atoms with Gasteiger partial charge in [0.05, 0.1) is 10.9 Å². The Kier molecular flexibility index (Phi) is 5.78. The molecule has 4 nitrogen and oxygen atoms in total. The molecule has 1 amide bonds. The van der Waals surface area contributed by atoms with E-state index >= 15 is 0 Å². The highest BCUT2D eigenvalue weighted by Gasteiger charge is 2.15. The maximum absolute atomic E-state index is 12.2. The standard InChI is InChI=1S/C19H23NO3S/c1-14(16-7-5-4-6-8-16)13-19(21)20-15(2)17-9-11-18(12-10-17)24(3,22)23/h4-12,14-15H,13H2,1-3H3,(H,20,21). The van der Waals surface area contributed by atoms with Crippen LogP contribution in [0.3, 0.4) is 0 Å². The number of sulfone groups is 1. The maximum Gasteiger partial charge on any atom is 0.221 e. The van der Waals surface area contributed by atoms with E-state index in [1.165, 1.54) is 6.26 Å². The van der Waals surface area contributed by atoms with Crippen LogP contribution in [-0.2, 0) is 14.6 Å². The van der Waals surface area contributed by atoms with Crippen LogP contribution in [0.5, 0.6) is 0 Å². The highest BCUT2D eigenvalue weighted by Crippen LogP contribution is 2.20. The van der Waals surface area contributed by atoms with Crippen molar-refractivity contribution in [1.29, 1.82) is 0 Å². The average Bonchev–Trinajstić information content (AvgIpc) is 2.54. The van der Waals surface area contributed by atoms with Gasteiger partial charge in [-0.2, -0.15) is 0 Å². The van der Waals surface area contributed by atoms with Gasteiger partial charge in [0.1, 0.15) is 0 Å². The van der Waals surface area contributed by atoms with Gasteiger partial charge in [-0.1, -0.05) is 49.4 Å². The second-order valence-electron chi connectivity index (χ2n) is 6.15. The van der Waals surface area contributed by atoms with Crippen LogP contribution in [0.1, 0.15) is 43.4 Å². The molecular formula is C19H23NO3S. The Morgan fingerprint density at radius 2 is 1.54 bits per heavy atom. The van der Waals surface area contributed by atoms with Crippen molar-refractivity contribution < 1.29 is 13.2 Å². The molecule has 2 rings (SSSR count). The summed E-state index contributed by atoms with van der Waals surface area (Å²) in [5.74, 6) is 0.122. The Balaban J connectivity index is 1.96. The first-order chi connectivity index (χ1) is 11.3. The molecule has 0 spiro atoms. The molecule has 2 aromatic rings. The van der Waals surface area contributed by atoms with Crippen molar-refractivity contribution in [1.82, 2.24) is 5.32 Å². The van der Waals surface area contributed by atoms with Crippen molar-refractivity contribution in [3.05, 3.63) is 65.7 Å². The monoisotopic (exact) mass is 345 g/mol. The maximum atomic E-state index is 12.2. The molecular weight excluding hydrogens is 322 g/mol. The molecule has 0 bridgehead atoms. The van der Waals surface area contributed by atoms with Crippen LogP contribution in [0.4, 0.5) is 0 Å². The Morgan fingerprint density at radius 3 is 2.08 bits per heavy atom. The van der Waals surface area contributed by atoms with E-state index in [0.29, 0.717) is 6.42 Å². The second-order valence-corrected chi connectivity index (χ2v) is 8.16. The third-order valence-corrected chi connectivity index (χ3v) is 5.17. The quantitative estimate of drug-likeness (QED) is 0.872. The first-order valence-corrected chi connectivity index (χ1v) is 9.81. The summed E-state index contributed by atoms with van der Waals surface area (Å²) in [6.45, 7) is 3.92. The van der Waals surface area contributed by atoms with Crippen molar-refractivity contribution in [3.8, 4) is 0 Å². The summed E-state index contributed by atoms with van der Waals surface area (Å²) in [6, 6.07) is 16.4. The van der Waals surface area contributed by atoms with Gasteiger partial charge >= 0.3 is 0 Å². The zero-order valence-corrected chi connectivity index (χ0v) is 15.0. The first kappa shape index (κ1) is 18.2. The highest BCUT2D eigenvalue weighted by atomic mass is 32.2. The number of hydrogen-bond donors (Lipinski definition) is 1. The van der Waals surface area contributed by atoms with Gasteiger partial charge in [0, 0.05) is 12.7 Å². The van der Waals surface area contributed by atoms with E-state index in [1.54, 1.807) is 24.3 Å². The SMILES string of the molecule is CC(CC(=O)NC(C)c1ccc(S(C)(=O)=O)cc1)c1ccccc1. The highest BCUT2D eigenvalue weighted by molar-refractivity contribution is 7.90. The summed E-state index contributed by atoms with van der Waals surface area (Å²) in [6.07, 6.45) is 1.59. The molecule has 0 radical (unpaired) electrons. The normalized spacial score (nSPS) is 14.0. The lowest BCUT2D eigenvalue weighted by atomic mass is 9.97. The van der Waals surface area contributed by atoms with Crippen molar-refractivity contribution in [2.75, 3.05) is 6.26 Å². The Bertz CT molecular complexity index is 783. The van der Waals surface area contributed by atoms with Crippen LogP contribution in [0.2, 0.25) is 0 Å². The van der Waals surface area contributed by atoms with E-state index in [0.717, 1.165) is 11.1 Å². The number of benzene rings is 2. The minimum atomic E-state index is -3.20. The minimum absolute atomic E-state index is 0.0222. The number of carbonyl (C=O) groups excluding carboxylic acids is 1. The largest absolute Gasteiger partial charge is 0.350 e. The lowest BCUT2D eigenvalue weighted by Gasteiger charge is -2.17. The lowest BCUT2D eigenvalue weighted by molar-refractivity contribution is -0.122. The molecule has 0 aliphatic carbocycles. The van der Waals surface area contributed by atoms with E-state index < -0.39 is 9.84 Å². The van der Waals surface area contributed by atoms with Crippen LogP contribution in [0.25, 0.3) is 0 Å². The van der Waals surface area contributed by atoms with Crippen molar-refractivity contribution in [3.63, 3.8) is 0 Å². The Morgan fingerprint density at radius 1 is 0.958 bits per heavy atom. The zero-order chi connectivity index (χ0) is 17.7. The topological polar surface area (TPSA) is 63.2 Å². The van der Waals surface area contributed by atoms with Crippen molar-refractivity contribution >= 4 is 15.7 Å². The van der Waals surface area contributed by atoms with Crippen LogP contribution in [0, 0.1) is 0 Å². The minimum Gasteiger partial charge on any atom is -0.350 e. The van der Waals surface area contributed by atoms with E-state index in [4.69, 9.17) is 0 Å². The molecule has 0 heterocycles. The van der Waals surface area contributed by atoms with Crippen molar-refractivity contribution in [2.45, 2.75) is 37.1 Å². The molecule has 0 saturated heterocycles. The molecule has 0 aliphatic rings. The molecule has 0 fully saturated rings. The van der Waals surface area contributed by atoms with Gasteiger partial charge in [0.25, 0.3) is 0 Å². The third-order valence-electron chi connectivity index (χ3n) is 4.05. The van der Waals surface area contributed by atoms with Crippen LogP contribution in [0.15, 0.2) is 59.5 Å². The Hall–Kier alpha value is -2.14.